The van der Waals surface area contributed by atoms with Gasteiger partial charge in [-0.1, -0.05) is 57.9 Å². The van der Waals surface area contributed by atoms with Gasteiger partial charge in [0.15, 0.2) is 0 Å². The first-order chi connectivity index (χ1) is 8.13. The van der Waals surface area contributed by atoms with Crippen LogP contribution in [0.3, 0.4) is 0 Å². The Labute approximate surface area is 133 Å². The van der Waals surface area contributed by atoms with E-state index in [1.165, 1.54) is 18.4 Å². The summed E-state index contributed by atoms with van der Waals surface area (Å²) in [6, 6.07) is 0. The number of alkyl halides is 3. The summed E-state index contributed by atoms with van der Waals surface area (Å²) in [6.07, 6.45) is 5.72. The van der Waals surface area contributed by atoms with Gasteiger partial charge in [-0.3, -0.25) is 0 Å². The van der Waals surface area contributed by atoms with Crippen LogP contribution < -0.4 is 0 Å². The molecule has 0 N–H and O–H groups in total. The van der Waals surface area contributed by atoms with Crippen molar-refractivity contribution in [3.8, 4) is 0 Å². The van der Waals surface area contributed by atoms with Crippen molar-refractivity contribution in [1.82, 2.24) is 0 Å². The zero-order valence-corrected chi connectivity index (χ0v) is 15.5. The number of rotatable bonds is 0. The molecule has 18 heavy (non-hydrogen) atoms. The van der Waals surface area contributed by atoms with Crippen LogP contribution >= 0.6 is 43.5 Å². The highest BCUT2D eigenvalue weighted by atomic mass is 79.9. The predicted octanol–water partition coefficient (Wildman–Crippen LogP) is 6.06. The molecule has 0 aromatic rings. The third-order valence-corrected chi connectivity index (χ3v) is 9.07. The smallest absolute Gasteiger partial charge is 0.0495 e. The molecule has 0 aromatic heterocycles. The molecule has 0 aliphatic heterocycles. The first kappa shape index (κ1) is 15.4. The average molecular weight is 399 g/mol. The summed E-state index contributed by atoms with van der Waals surface area (Å²) < 4.78 is 0.0788. The molecule has 0 bridgehead atoms. The van der Waals surface area contributed by atoms with Gasteiger partial charge in [-0.05, 0) is 49.9 Å². The fourth-order valence-corrected chi connectivity index (χ4v) is 5.20. The Morgan fingerprint density at radius 2 is 1.89 bits per heavy atom. The van der Waals surface area contributed by atoms with Crippen molar-refractivity contribution in [1.29, 1.82) is 0 Å². The highest BCUT2D eigenvalue weighted by Crippen LogP contribution is 2.64. The minimum atomic E-state index is 0.0788. The van der Waals surface area contributed by atoms with Crippen LogP contribution in [-0.2, 0) is 0 Å². The molecular weight excluding hydrogens is 375 g/mol. The molecule has 0 amide bonds. The van der Waals surface area contributed by atoms with Crippen molar-refractivity contribution >= 4 is 43.5 Å². The highest BCUT2D eigenvalue weighted by Gasteiger charge is 2.57. The molecule has 2 rings (SSSR count). The van der Waals surface area contributed by atoms with Crippen molar-refractivity contribution in [3.63, 3.8) is 0 Å². The number of hydrogen-bond donors (Lipinski definition) is 0. The molecule has 2 aliphatic rings. The van der Waals surface area contributed by atoms with Gasteiger partial charge in [-0.15, -0.1) is 11.6 Å². The SMILES string of the molecule is C=C1CC[C@@H](Br)C(C)(C)[C@]12CC[C@@](C)(Br)[C@H](Cl)C2. The van der Waals surface area contributed by atoms with Crippen LogP contribution in [-0.4, -0.2) is 14.5 Å². The van der Waals surface area contributed by atoms with Gasteiger partial charge in [0.05, 0.1) is 0 Å². The molecule has 104 valence electrons. The van der Waals surface area contributed by atoms with Crippen LogP contribution in [0.4, 0.5) is 0 Å². The maximum Gasteiger partial charge on any atom is 0.0495 e. The van der Waals surface area contributed by atoms with E-state index < -0.39 is 0 Å². The summed E-state index contributed by atoms with van der Waals surface area (Å²) >= 11 is 14.4. The molecule has 0 aromatic carbocycles. The first-order valence-electron chi connectivity index (χ1n) is 6.79. The molecule has 2 aliphatic carbocycles. The lowest BCUT2D eigenvalue weighted by atomic mass is 9.50. The van der Waals surface area contributed by atoms with Gasteiger partial charge in [0, 0.05) is 14.5 Å². The Hall–Kier alpha value is 0.990. The van der Waals surface area contributed by atoms with Gasteiger partial charge >= 0.3 is 0 Å². The van der Waals surface area contributed by atoms with Crippen LogP contribution in [0.15, 0.2) is 12.2 Å². The van der Waals surface area contributed by atoms with Gasteiger partial charge < -0.3 is 0 Å². The second-order valence-electron chi connectivity index (χ2n) is 6.86. The maximum absolute atomic E-state index is 6.67. The van der Waals surface area contributed by atoms with E-state index in [-0.39, 0.29) is 20.5 Å². The van der Waals surface area contributed by atoms with Crippen LogP contribution in [0.25, 0.3) is 0 Å². The standard InChI is InChI=1S/C15H23Br2Cl/c1-10-5-6-11(16)13(2,3)15(10)8-7-14(4,17)12(18)9-15/h11-12H,1,5-9H2,2-4H3/t11-,12-,14-,15+/m1/s1. The lowest BCUT2D eigenvalue weighted by Gasteiger charge is -2.59. The van der Waals surface area contributed by atoms with Crippen molar-refractivity contribution in [2.24, 2.45) is 10.8 Å². The van der Waals surface area contributed by atoms with Gasteiger partial charge in [0.1, 0.15) is 0 Å². The number of hydrogen-bond acceptors (Lipinski definition) is 0. The van der Waals surface area contributed by atoms with Gasteiger partial charge in [-0.2, -0.15) is 0 Å². The van der Waals surface area contributed by atoms with E-state index in [2.05, 4.69) is 59.2 Å². The Bertz CT molecular complexity index is 362. The van der Waals surface area contributed by atoms with E-state index in [0.717, 1.165) is 19.3 Å². The van der Waals surface area contributed by atoms with E-state index in [4.69, 9.17) is 11.6 Å². The lowest BCUT2D eigenvalue weighted by Crippen LogP contribution is -2.54. The van der Waals surface area contributed by atoms with E-state index in [1.807, 2.05) is 0 Å². The minimum Gasteiger partial charge on any atom is -0.121 e. The molecule has 1 spiro atoms. The average Bonchev–Trinajstić information content (AvgIpc) is 2.27. The van der Waals surface area contributed by atoms with Crippen molar-refractivity contribution in [3.05, 3.63) is 12.2 Å². The first-order valence-corrected chi connectivity index (χ1v) is 8.93. The fourth-order valence-electron chi connectivity index (χ4n) is 3.80. The number of allylic oxidation sites excluding steroid dienone is 1. The summed E-state index contributed by atoms with van der Waals surface area (Å²) in [5, 5.41) is 0.181. The second kappa shape index (κ2) is 4.77. The largest absolute Gasteiger partial charge is 0.121 e. The summed E-state index contributed by atoms with van der Waals surface area (Å²) in [5.41, 5.74) is 1.87. The zero-order chi connectivity index (χ0) is 13.8. The second-order valence-corrected chi connectivity index (χ2v) is 10.3. The van der Waals surface area contributed by atoms with Gasteiger partial charge in [0.25, 0.3) is 0 Å². The Morgan fingerprint density at radius 1 is 1.28 bits per heavy atom. The molecule has 0 heterocycles. The molecule has 4 atom stereocenters. The molecule has 3 heteroatoms. The van der Waals surface area contributed by atoms with Crippen molar-refractivity contribution in [2.45, 2.75) is 67.4 Å². The summed E-state index contributed by atoms with van der Waals surface area (Å²) in [5.74, 6) is 0. The quantitative estimate of drug-likeness (QED) is 0.344. The summed E-state index contributed by atoms with van der Waals surface area (Å²) in [4.78, 5) is 0.569. The maximum atomic E-state index is 6.67. The highest BCUT2D eigenvalue weighted by molar-refractivity contribution is 9.10. The van der Waals surface area contributed by atoms with E-state index in [0.29, 0.717) is 4.83 Å². The Morgan fingerprint density at radius 3 is 2.44 bits per heavy atom. The molecule has 0 nitrogen and oxygen atoms in total. The van der Waals surface area contributed by atoms with E-state index in [9.17, 15) is 0 Å². The molecule has 0 radical (unpaired) electrons. The van der Waals surface area contributed by atoms with E-state index >= 15 is 0 Å². The van der Waals surface area contributed by atoms with Crippen molar-refractivity contribution < 1.29 is 0 Å². The zero-order valence-electron chi connectivity index (χ0n) is 11.5. The molecule has 2 fully saturated rings. The molecule has 2 saturated carbocycles. The van der Waals surface area contributed by atoms with Crippen LogP contribution in [0.5, 0.6) is 0 Å². The molecule has 0 saturated heterocycles. The summed E-state index contributed by atoms with van der Waals surface area (Å²) in [7, 11) is 0. The number of halogens is 3. The minimum absolute atomic E-state index is 0.0788. The predicted molar refractivity (Wildman–Crippen MR) is 88.1 cm³/mol. The Kier molecular flexibility index (Phi) is 4.08. The van der Waals surface area contributed by atoms with Gasteiger partial charge in [0.2, 0.25) is 0 Å². The molecular formula is C15H23Br2Cl. The van der Waals surface area contributed by atoms with Gasteiger partial charge in [-0.25, -0.2) is 0 Å². The van der Waals surface area contributed by atoms with Crippen LogP contribution in [0.2, 0.25) is 0 Å². The fraction of sp³-hybridized carbons (Fsp3) is 0.867. The Balaban J connectivity index is 2.37. The third-order valence-electron chi connectivity index (χ3n) is 5.61. The normalized spacial score (nSPS) is 48.4. The molecule has 0 unspecified atom stereocenters. The third kappa shape index (κ3) is 2.15. The van der Waals surface area contributed by atoms with E-state index in [1.54, 1.807) is 0 Å². The topological polar surface area (TPSA) is 0 Å². The van der Waals surface area contributed by atoms with Crippen molar-refractivity contribution in [2.75, 3.05) is 0 Å². The lowest BCUT2D eigenvalue weighted by molar-refractivity contribution is 0.0341. The van der Waals surface area contributed by atoms with Crippen LogP contribution in [0.1, 0.15) is 52.9 Å². The van der Waals surface area contributed by atoms with Crippen LogP contribution in [0, 0.1) is 10.8 Å². The monoisotopic (exact) mass is 396 g/mol. The summed E-state index contributed by atoms with van der Waals surface area (Å²) in [6.45, 7) is 11.4.